The second-order valence-electron chi connectivity index (χ2n) is 6.00. The average Bonchev–Trinajstić information content (AvgIpc) is 2.85. The summed E-state index contributed by atoms with van der Waals surface area (Å²) in [6, 6.07) is 4.81. The Balaban J connectivity index is 1.49. The van der Waals surface area contributed by atoms with E-state index < -0.39 is 5.97 Å². The largest absolute Gasteiger partial charge is 0.480 e. The molecule has 3 rings (SSSR count). The van der Waals surface area contributed by atoms with Crippen molar-refractivity contribution in [1.29, 1.82) is 0 Å². The summed E-state index contributed by atoms with van der Waals surface area (Å²) in [5.41, 5.74) is 1.95. The van der Waals surface area contributed by atoms with E-state index in [1.54, 1.807) is 0 Å². The lowest BCUT2D eigenvalue weighted by Crippen LogP contribution is -2.53. The predicted molar refractivity (Wildman–Crippen MR) is 91.4 cm³/mol. The van der Waals surface area contributed by atoms with E-state index in [1.165, 1.54) is 0 Å². The first-order valence-corrected chi connectivity index (χ1v) is 8.67. The first kappa shape index (κ1) is 16.4. The predicted octanol–water partition coefficient (Wildman–Crippen LogP) is 2.12. The number of halogens is 1. The number of aromatic nitrogens is 2. The third kappa shape index (κ3) is 3.91. The smallest absolute Gasteiger partial charge is 0.317 e. The molecule has 0 atom stereocenters. The number of pyridine rings is 1. The number of nitrogens with zero attached hydrogens (tertiary/aromatic N) is 3. The van der Waals surface area contributed by atoms with Crippen LogP contribution >= 0.6 is 15.9 Å². The van der Waals surface area contributed by atoms with Crippen molar-refractivity contribution in [2.24, 2.45) is 0 Å². The lowest BCUT2D eigenvalue weighted by Gasteiger charge is -2.42. The highest BCUT2D eigenvalue weighted by Crippen LogP contribution is 2.25. The summed E-state index contributed by atoms with van der Waals surface area (Å²) in [6.07, 6.45) is 6.02. The third-order valence-electron chi connectivity index (χ3n) is 4.42. The van der Waals surface area contributed by atoms with Gasteiger partial charge in [-0.1, -0.05) is 22.9 Å². The molecule has 2 aromatic heterocycles. The summed E-state index contributed by atoms with van der Waals surface area (Å²) in [4.78, 5) is 17.5. The molecule has 0 spiro atoms. The molecule has 2 aromatic rings. The topological polar surface area (TPSA) is 69.9 Å². The van der Waals surface area contributed by atoms with Crippen LogP contribution in [0, 0.1) is 0 Å². The molecule has 6 nitrogen and oxygen atoms in total. The second kappa shape index (κ2) is 6.98. The maximum absolute atomic E-state index is 10.8. The van der Waals surface area contributed by atoms with Crippen molar-refractivity contribution in [1.82, 2.24) is 19.6 Å². The highest BCUT2D eigenvalue weighted by molar-refractivity contribution is 9.10. The number of likely N-dealkylation sites (N-methyl/N-ethyl adjacent to an activating group) is 1. The van der Waals surface area contributed by atoms with Crippen molar-refractivity contribution >= 4 is 27.5 Å². The summed E-state index contributed by atoms with van der Waals surface area (Å²) in [5.74, 6) is -0.751. The molecule has 0 aromatic carbocycles. The Morgan fingerprint density at radius 3 is 3.04 bits per heavy atom. The summed E-state index contributed by atoms with van der Waals surface area (Å²) in [5, 5.41) is 12.4. The molecule has 1 saturated carbocycles. The highest BCUT2D eigenvalue weighted by atomic mass is 79.9. The van der Waals surface area contributed by atoms with Crippen LogP contribution in [-0.2, 0) is 11.3 Å². The lowest BCUT2D eigenvalue weighted by molar-refractivity contribution is -0.139. The molecule has 2 heterocycles. The van der Waals surface area contributed by atoms with Crippen molar-refractivity contribution in [3.05, 3.63) is 34.7 Å². The normalized spacial score (nSPS) is 20.8. The van der Waals surface area contributed by atoms with Gasteiger partial charge in [-0.3, -0.25) is 9.69 Å². The van der Waals surface area contributed by atoms with E-state index in [4.69, 9.17) is 5.11 Å². The maximum atomic E-state index is 10.8. The molecule has 1 fully saturated rings. The molecule has 0 radical (unpaired) electrons. The number of rotatable bonds is 7. The SMILES string of the molecule is CCN(CC(=O)O)C1CC(NCc2cn3ccc(Br)cc3n2)C1. The Kier molecular flexibility index (Phi) is 4.99. The van der Waals surface area contributed by atoms with Gasteiger partial charge in [-0.25, -0.2) is 4.98 Å². The minimum absolute atomic E-state index is 0.134. The Bertz CT molecular complexity index is 696. The second-order valence-corrected chi connectivity index (χ2v) is 6.92. The fraction of sp³-hybridized carbons (Fsp3) is 0.500. The van der Waals surface area contributed by atoms with Gasteiger partial charge < -0.3 is 14.8 Å². The van der Waals surface area contributed by atoms with Gasteiger partial charge in [0.1, 0.15) is 5.65 Å². The molecule has 1 aliphatic carbocycles. The number of fused-ring (bicyclic) bond motifs is 1. The van der Waals surface area contributed by atoms with E-state index in [9.17, 15) is 4.79 Å². The van der Waals surface area contributed by atoms with Crippen molar-refractivity contribution in [3.8, 4) is 0 Å². The van der Waals surface area contributed by atoms with E-state index >= 15 is 0 Å². The highest BCUT2D eigenvalue weighted by Gasteiger charge is 2.33. The van der Waals surface area contributed by atoms with Crippen molar-refractivity contribution < 1.29 is 9.90 Å². The van der Waals surface area contributed by atoms with Crippen molar-refractivity contribution in [3.63, 3.8) is 0 Å². The molecule has 0 amide bonds. The van der Waals surface area contributed by atoms with Gasteiger partial charge in [-0.2, -0.15) is 0 Å². The van der Waals surface area contributed by atoms with Crippen LogP contribution in [0.4, 0.5) is 0 Å². The van der Waals surface area contributed by atoms with Crippen molar-refractivity contribution in [2.45, 2.75) is 38.4 Å². The van der Waals surface area contributed by atoms with Gasteiger partial charge in [0.15, 0.2) is 0 Å². The molecule has 23 heavy (non-hydrogen) atoms. The molecular weight excluding hydrogens is 360 g/mol. The zero-order valence-corrected chi connectivity index (χ0v) is 14.7. The standard InChI is InChI=1S/C16H21BrN4O2/c1-2-20(10-16(22)23)14-6-12(7-14)18-8-13-9-21-4-3-11(17)5-15(21)19-13/h3-5,9,12,14,18H,2,6-8,10H2,1H3,(H,22,23). The fourth-order valence-corrected chi connectivity index (χ4v) is 3.39. The average molecular weight is 381 g/mol. The van der Waals surface area contributed by atoms with E-state index in [1.807, 2.05) is 40.8 Å². The van der Waals surface area contributed by atoms with E-state index in [2.05, 4.69) is 26.2 Å². The molecule has 0 unspecified atom stereocenters. The Hall–Kier alpha value is -1.44. The molecule has 7 heteroatoms. The zero-order valence-electron chi connectivity index (χ0n) is 13.1. The number of carboxylic acids is 1. The number of imidazole rings is 1. The molecule has 0 bridgehead atoms. The minimum Gasteiger partial charge on any atom is -0.480 e. The van der Waals surface area contributed by atoms with Crippen LogP contribution < -0.4 is 5.32 Å². The van der Waals surface area contributed by atoms with Gasteiger partial charge in [0.2, 0.25) is 0 Å². The third-order valence-corrected chi connectivity index (χ3v) is 4.91. The van der Waals surface area contributed by atoms with E-state index in [0.717, 1.165) is 41.7 Å². The monoisotopic (exact) mass is 380 g/mol. The van der Waals surface area contributed by atoms with Crippen LogP contribution in [-0.4, -0.2) is 50.5 Å². The molecular formula is C16H21BrN4O2. The van der Waals surface area contributed by atoms with Crippen LogP contribution in [0.15, 0.2) is 29.0 Å². The van der Waals surface area contributed by atoms with E-state index in [0.29, 0.717) is 12.1 Å². The van der Waals surface area contributed by atoms with Gasteiger partial charge >= 0.3 is 5.97 Å². The van der Waals surface area contributed by atoms with E-state index in [-0.39, 0.29) is 6.54 Å². The summed E-state index contributed by atoms with van der Waals surface area (Å²) in [7, 11) is 0. The molecule has 124 valence electrons. The Morgan fingerprint density at radius 1 is 1.57 bits per heavy atom. The fourth-order valence-electron chi connectivity index (χ4n) is 3.07. The number of nitrogens with one attached hydrogen (secondary N) is 1. The number of hydrogen-bond acceptors (Lipinski definition) is 4. The summed E-state index contributed by atoms with van der Waals surface area (Å²) >= 11 is 3.45. The van der Waals surface area contributed by atoms with Gasteiger partial charge in [0, 0.05) is 35.5 Å². The number of carbonyl (C=O) groups is 1. The Morgan fingerprint density at radius 2 is 2.35 bits per heavy atom. The Labute approximate surface area is 143 Å². The van der Waals surface area contributed by atoms with Gasteiger partial charge in [0.25, 0.3) is 0 Å². The van der Waals surface area contributed by atoms with Crippen LogP contribution in [0.1, 0.15) is 25.5 Å². The maximum Gasteiger partial charge on any atom is 0.317 e. The van der Waals surface area contributed by atoms with Crippen molar-refractivity contribution in [2.75, 3.05) is 13.1 Å². The van der Waals surface area contributed by atoms with Crippen LogP contribution in [0.3, 0.4) is 0 Å². The lowest BCUT2D eigenvalue weighted by atomic mass is 9.85. The number of hydrogen-bond donors (Lipinski definition) is 2. The number of carboxylic acid groups (broad SMARTS) is 1. The van der Waals surface area contributed by atoms with Gasteiger partial charge in [0.05, 0.1) is 12.2 Å². The summed E-state index contributed by atoms with van der Waals surface area (Å²) in [6.45, 7) is 3.67. The molecule has 0 saturated heterocycles. The molecule has 0 aliphatic heterocycles. The van der Waals surface area contributed by atoms with Gasteiger partial charge in [-0.15, -0.1) is 0 Å². The summed E-state index contributed by atoms with van der Waals surface area (Å²) < 4.78 is 3.03. The number of aliphatic carboxylic acids is 1. The zero-order chi connectivity index (χ0) is 16.4. The van der Waals surface area contributed by atoms with Crippen LogP contribution in [0.25, 0.3) is 5.65 Å². The van der Waals surface area contributed by atoms with Gasteiger partial charge in [-0.05, 0) is 31.5 Å². The van der Waals surface area contributed by atoms with Crippen LogP contribution in [0.2, 0.25) is 0 Å². The first-order chi connectivity index (χ1) is 11.0. The molecule has 2 N–H and O–H groups in total. The minimum atomic E-state index is -0.751. The first-order valence-electron chi connectivity index (χ1n) is 7.87. The quantitative estimate of drug-likeness (QED) is 0.769. The molecule has 1 aliphatic rings. The van der Waals surface area contributed by atoms with Crippen LogP contribution in [0.5, 0.6) is 0 Å².